The summed E-state index contributed by atoms with van der Waals surface area (Å²) in [4.78, 5) is 22.0. The number of rotatable bonds is 4. The van der Waals surface area contributed by atoms with Crippen LogP contribution >= 0.6 is 22.6 Å². The lowest BCUT2D eigenvalue weighted by Gasteiger charge is -2.10. The molecule has 0 amide bonds. The molecule has 0 bridgehead atoms. The molecule has 0 atom stereocenters. The van der Waals surface area contributed by atoms with Crippen molar-refractivity contribution < 1.29 is 19.1 Å². The molecular weight excluding hydrogens is 335 g/mol. The number of benzene rings is 1. The summed E-state index contributed by atoms with van der Waals surface area (Å²) in [6, 6.07) is 3.14. The van der Waals surface area contributed by atoms with E-state index in [0.717, 1.165) is 0 Å². The van der Waals surface area contributed by atoms with Crippen molar-refractivity contribution in [1.82, 2.24) is 0 Å². The lowest BCUT2D eigenvalue weighted by atomic mass is 10.2. The van der Waals surface area contributed by atoms with Gasteiger partial charge in [0, 0.05) is 11.6 Å². The molecule has 0 fully saturated rings. The zero-order valence-corrected chi connectivity index (χ0v) is 11.6. The first-order valence-corrected chi connectivity index (χ1v) is 5.87. The molecule has 0 spiro atoms. The van der Waals surface area contributed by atoms with Crippen molar-refractivity contribution in [3.63, 3.8) is 0 Å². The second-order valence-corrected chi connectivity index (χ2v) is 4.24. The van der Waals surface area contributed by atoms with Gasteiger partial charge in [-0.15, -0.1) is 0 Å². The van der Waals surface area contributed by atoms with E-state index >= 15 is 0 Å². The first-order valence-electron chi connectivity index (χ1n) is 4.79. The zero-order valence-electron chi connectivity index (χ0n) is 9.40. The van der Waals surface area contributed by atoms with Gasteiger partial charge in [0.25, 0.3) is 0 Å². The number of carbonyl (C=O) groups is 2. The van der Waals surface area contributed by atoms with Crippen LogP contribution in [0.1, 0.15) is 17.3 Å². The van der Waals surface area contributed by atoms with Gasteiger partial charge >= 0.3 is 5.97 Å². The highest BCUT2D eigenvalue weighted by molar-refractivity contribution is 14.1. The second-order valence-electron chi connectivity index (χ2n) is 3.07. The van der Waals surface area contributed by atoms with Crippen molar-refractivity contribution in [2.24, 2.45) is 0 Å². The summed E-state index contributed by atoms with van der Waals surface area (Å²) >= 11 is 1.98. The minimum Gasteiger partial charge on any atom is -0.493 e. The molecule has 1 aromatic carbocycles. The summed E-state index contributed by atoms with van der Waals surface area (Å²) in [6.45, 7) is 1.72. The number of carbonyl (C=O) groups excluding carboxylic acids is 2. The van der Waals surface area contributed by atoms with E-state index in [1.165, 1.54) is 19.3 Å². The molecule has 5 heteroatoms. The van der Waals surface area contributed by atoms with Crippen molar-refractivity contribution in [1.29, 1.82) is 0 Å². The fraction of sp³-hybridized carbons (Fsp3) is 0.167. The van der Waals surface area contributed by atoms with E-state index < -0.39 is 5.97 Å². The van der Waals surface area contributed by atoms with Crippen LogP contribution in [0.15, 0.2) is 24.3 Å². The molecule has 0 radical (unpaired) electrons. The Hall–Kier alpha value is -1.37. The summed E-state index contributed by atoms with van der Waals surface area (Å²) < 4.78 is 10.9. The van der Waals surface area contributed by atoms with E-state index in [9.17, 15) is 9.59 Å². The number of hydrogen-bond acceptors (Lipinski definition) is 4. The topological polar surface area (TPSA) is 52.6 Å². The maximum absolute atomic E-state index is 11.3. The first kappa shape index (κ1) is 13.7. The zero-order chi connectivity index (χ0) is 12.8. The molecule has 17 heavy (non-hydrogen) atoms. The Morgan fingerprint density at radius 2 is 2.12 bits per heavy atom. The van der Waals surface area contributed by atoms with Crippen molar-refractivity contribution in [2.75, 3.05) is 7.11 Å². The quantitative estimate of drug-likeness (QED) is 0.277. The number of esters is 1. The average Bonchev–Trinajstić information content (AvgIpc) is 2.31. The van der Waals surface area contributed by atoms with Crippen LogP contribution in [-0.4, -0.2) is 19.4 Å². The highest BCUT2D eigenvalue weighted by Crippen LogP contribution is 2.33. The van der Waals surface area contributed by atoms with Gasteiger partial charge in [-0.05, 0) is 41.6 Å². The highest BCUT2D eigenvalue weighted by atomic mass is 127. The van der Waals surface area contributed by atoms with E-state index in [-0.39, 0.29) is 0 Å². The maximum Gasteiger partial charge on any atom is 0.335 e. The Labute approximate surface area is 113 Å². The van der Waals surface area contributed by atoms with Crippen molar-refractivity contribution >= 4 is 34.8 Å². The Kier molecular flexibility index (Phi) is 5.14. The predicted molar refractivity (Wildman–Crippen MR) is 71.5 cm³/mol. The third-order valence-electron chi connectivity index (χ3n) is 1.89. The fourth-order valence-electron chi connectivity index (χ4n) is 1.18. The van der Waals surface area contributed by atoms with Gasteiger partial charge in [0.2, 0.25) is 0 Å². The predicted octanol–water partition coefficient (Wildman–Crippen LogP) is 2.59. The number of aldehydes is 1. The van der Waals surface area contributed by atoms with Gasteiger partial charge < -0.3 is 9.47 Å². The van der Waals surface area contributed by atoms with Crippen LogP contribution in [-0.2, 0) is 4.79 Å². The molecule has 4 nitrogen and oxygen atoms in total. The van der Waals surface area contributed by atoms with E-state index in [2.05, 4.69) is 0 Å². The van der Waals surface area contributed by atoms with Gasteiger partial charge in [-0.1, -0.05) is 6.08 Å². The van der Waals surface area contributed by atoms with Crippen LogP contribution in [0, 0.1) is 3.57 Å². The number of ether oxygens (including phenoxy) is 2. The molecule has 0 N–H and O–H groups in total. The Morgan fingerprint density at radius 3 is 2.65 bits per heavy atom. The molecule has 90 valence electrons. The normalized spacial score (nSPS) is 10.3. The second kappa shape index (κ2) is 6.39. The van der Waals surface area contributed by atoms with E-state index in [1.54, 1.807) is 19.1 Å². The smallest absolute Gasteiger partial charge is 0.335 e. The van der Waals surface area contributed by atoms with Crippen molar-refractivity contribution in [3.8, 4) is 11.5 Å². The molecule has 0 saturated heterocycles. The highest BCUT2D eigenvalue weighted by Gasteiger charge is 2.13. The summed E-state index contributed by atoms with van der Waals surface area (Å²) in [5.41, 5.74) is 0.470. The number of methoxy groups -OCH3 is 1. The maximum atomic E-state index is 11.3. The number of allylic oxidation sites excluding steroid dienone is 1. The minimum absolute atomic E-state index is 0.321. The van der Waals surface area contributed by atoms with Crippen LogP contribution in [0.25, 0.3) is 0 Å². The lowest BCUT2D eigenvalue weighted by molar-refractivity contribution is -0.129. The van der Waals surface area contributed by atoms with E-state index in [0.29, 0.717) is 26.9 Å². The molecule has 0 unspecified atom stereocenters. The third-order valence-corrected chi connectivity index (χ3v) is 2.69. The van der Waals surface area contributed by atoms with Crippen molar-refractivity contribution in [2.45, 2.75) is 6.92 Å². The van der Waals surface area contributed by atoms with Crippen LogP contribution in [0.3, 0.4) is 0 Å². The van der Waals surface area contributed by atoms with Gasteiger partial charge in [-0.3, -0.25) is 4.79 Å². The van der Waals surface area contributed by atoms with Crippen LogP contribution in [0.5, 0.6) is 11.5 Å². The van der Waals surface area contributed by atoms with Crippen LogP contribution in [0.2, 0.25) is 0 Å². The first-order chi connectivity index (χ1) is 8.12. The van der Waals surface area contributed by atoms with Crippen molar-refractivity contribution in [3.05, 3.63) is 33.4 Å². The third kappa shape index (κ3) is 3.55. The molecule has 0 aromatic heterocycles. The number of hydrogen-bond donors (Lipinski definition) is 0. The van der Waals surface area contributed by atoms with Crippen LogP contribution in [0.4, 0.5) is 0 Å². The minimum atomic E-state index is -0.484. The molecular formula is C12H11IO4. The van der Waals surface area contributed by atoms with E-state index in [4.69, 9.17) is 9.47 Å². The summed E-state index contributed by atoms with van der Waals surface area (Å²) in [5.74, 6) is 0.196. The molecule has 0 aliphatic heterocycles. The lowest BCUT2D eigenvalue weighted by Crippen LogP contribution is -2.06. The van der Waals surface area contributed by atoms with Gasteiger partial charge in [-0.2, -0.15) is 0 Å². The Bertz CT molecular complexity index is 466. The molecule has 1 rings (SSSR count). The van der Waals surface area contributed by atoms with Gasteiger partial charge in [0.05, 0.1) is 10.7 Å². The van der Waals surface area contributed by atoms with Gasteiger partial charge in [-0.25, -0.2) is 4.79 Å². The summed E-state index contributed by atoms with van der Waals surface area (Å²) in [5, 5.41) is 0. The van der Waals surface area contributed by atoms with Gasteiger partial charge in [0.1, 0.15) is 6.29 Å². The Morgan fingerprint density at radius 1 is 1.41 bits per heavy atom. The summed E-state index contributed by atoms with van der Waals surface area (Å²) in [6.07, 6.45) is 3.60. The van der Waals surface area contributed by atoms with Crippen LogP contribution < -0.4 is 9.47 Å². The Balaban J connectivity index is 3.13. The molecule has 0 heterocycles. The number of halogens is 1. The molecule has 1 aromatic rings. The molecule has 0 aliphatic rings. The standard InChI is InChI=1S/C12H11IO4/c1-3-4-11(15)17-12-9(13)5-8(7-14)6-10(12)16-2/h3-7H,1-2H3/b4-3+. The molecule has 0 saturated carbocycles. The average molecular weight is 346 g/mol. The monoisotopic (exact) mass is 346 g/mol. The fourth-order valence-corrected chi connectivity index (χ4v) is 1.91. The largest absolute Gasteiger partial charge is 0.493 e. The van der Waals surface area contributed by atoms with E-state index in [1.807, 2.05) is 22.6 Å². The summed E-state index contributed by atoms with van der Waals surface area (Å²) in [7, 11) is 1.45. The molecule has 0 aliphatic carbocycles. The van der Waals surface area contributed by atoms with Gasteiger partial charge in [0.15, 0.2) is 11.5 Å². The SMILES string of the molecule is C/C=C/C(=O)Oc1c(I)cc(C=O)cc1OC.